The minimum absolute atomic E-state index is 1.03. The van der Waals surface area contributed by atoms with Crippen LogP contribution in [0.4, 0.5) is 0 Å². The summed E-state index contributed by atoms with van der Waals surface area (Å²) in [6.45, 7) is 2.14. The molecule has 0 spiro atoms. The number of hydrogen-bond donors (Lipinski definition) is 0. The molecule has 1 aromatic carbocycles. The fraction of sp³-hybridized carbons (Fsp3) is 0.286. The van der Waals surface area contributed by atoms with Gasteiger partial charge in [0.25, 0.3) is 0 Å². The van der Waals surface area contributed by atoms with Crippen LogP contribution in [0.2, 0.25) is 0 Å². The van der Waals surface area contributed by atoms with Crippen LogP contribution in [0.15, 0.2) is 51.1 Å². The van der Waals surface area contributed by atoms with E-state index in [1.807, 2.05) is 23.1 Å². The molecule has 96 valence electrons. The molecule has 0 N–H and O–H groups in total. The summed E-state index contributed by atoms with van der Waals surface area (Å²) in [7, 11) is 2.18. The highest BCUT2D eigenvalue weighted by Gasteiger charge is 2.03. The summed E-state index contributed by atoms with van der Waals surface area (Å²) in [5.74, 6) is 1.13. The van der Waals surface area contributed by atoms with Crippen molar-refractivity contribution in [1.82, 2.24) is 4.90 Å². The lowest BCUT2D eigenvalue weighted by molar-refractivity contribution is 0.352. The molecular formula is C14H16BrNS2. The first-order chi connectivity index (χ1) is 8.74. The molecule has 1 heterocycles. The van der Waals surface area contributed by atoms with Crippen molar-refractivity contribution in [2.75, 3.05) is 19.3 Å². The lowest BCUT2D eigenvalue weighted by Gasteiger charge is -2.15. The third-order valence-corrected chi connectivity index (χ3v) is 5.21. The van der Waals surface area contributed by atoms with Gasteiger partial charge in [0.2, 0.25) is 0 Å². The maximum absolute atomic E-state index is 3.49. The molecule has 0 amide bonds. The van der Waals surface area contributed by atoms with Crippen LogP contribution in [0, 0.1) is 0 Å². The van der Waals surface area contributed by atoms with E-state index >= 15 is 0 Å². The van der Waals surface area contributed by atoms with Crippen LogP contribution in [0.3, 0.4) is 0 Å². The van der Waals surface area contributed by atoms with Crippen LogP contribution in [0.1, 0.15) is 4.88 Å². The Morgan fingerprint density at radius 2 is 2.06 bits per heavy atom. The van der Waals surface area contributed by atoms with E-state index in [9.17, 15) is 0 Å². The number of nitrogens with zero attached hydrogens (tertiary/aromatic N) is 1. The number of halogens is 1. The van der Waals surface area contributed by atoms with Crippen LogP contribution in [-0.4, -0.2) is 24.2 Å². The smallest absolute Gasteiger partial charge is 0.0325 e. The van der Waals surface area contributed by atoms with E-state index in [0.717, 1.165) is 18.8 Å². The van der Waals surface area contributed by atoms with Gasteiger partial charge in [0, 0.05) is 38.5 Å². The van der Waals surface area contributed by atoms with E-state index in [-0.39, 0.29) is 0 Å². The van der Waals surface area contributed by atoms with Crippen molar-refractivity contribution in [3.05, 3.63) is 51.1 Å². The Bertz CT molecular complexity index is 470. The van der Waals surface area contributed by atoms with Gasteiger partial charge >= 0.3 is 0 Å². The summed E-state index contributed by atoms with van der Waals surface area (Å²) in [4.78, 5) is 5.13. The molecule has 0 saturated heterocycles. The molecule has 2 aromatic rings. The van der Waals surface area contributed by atoms with Crippen LogP contribution in [-0.2, 0) is 6.54 Å². The molecule has 0 aliphatic heterocycles. The number of hydrogen-bond acceptors (Lipinski definition) is 3. The van der Waals surface area contributed by atoms with E-state index < -0.39 is 0 Å². The summed E-state index contributed by atoms with van der Waals surface area (Å²) in [5.41, 5.74) is 0. The van der Waals surface area contributed by atoms with Gasteiger partial charge in [0.15, 0.2) is 0 Å². The van der Waals surface area contributed by atoms with Gasteiger partial charge in [-0.05, 0) is 41.2 Å². The molecule has 2 rings (SSSR count). The van der Waals surface area contributed by atoms with Gasteiger partial charge < -0.3 is 4.90 Å². The SMILES string of the molecule is CN(CCSc1ccccc1)Cc1cc(Br)cs1. The van der Waals surface area contributed by atoms with Crippen molar-refractivity contribution in [2.24, 2.45) is 0 Å². The third-order valence-electron chi connectivity index (χ3n) is 2.53. The summed E-state index contributed by atoms with van der Waals surface area (Å²) >= 11 is 7.22. The fourth-order valence-corrected chi connectivity index (χ4v) is 4.14. The zero-order valence-corrected chi connectivity index (χ0v) is 13.5. The summed E-state index contributed by atoms with van der Waals surface area (Å²) in [5, 5.41) is 2.14. The van der Waals surface area contributed by atoms with E-state index in [2.05, 4.69) is 69.7 Å². The molecule has 0 atom stereocenters. The van der Waals surface area contributed by atoms with Gasteiger partial charge in [0.05, 0.1) is 0 Å². The van der Waals surface area contributed by atoms with Gasteiger partial charge in [0.1, 0.15) is 0 Å². The second kappa shape index (κ2) is 7.34. The highest BCUT2D eigenvalue weighted by atomic mass is 79.9. The maximum Gasteiger partial charge on any atom is 0.0325 e. The van der Waals surface area contributed by atoms with E-state index in [4.69, 9.17) is 0 Å². The van der Waals surface area contributed by atoms with Gasteiger partial charge in [-0.25, -0.2) is 0 Å². The van der Waals surface area contributed by atoms with Crippen LogP contribution in [0.25, 0.3) is 0 Å². The van der Waals surface area contributed by atoms with Crippen LogP contribution >= 0.6 is 39.0 Å². The molecule has 0 unspecified atom stereocenters. The Hall–Kier alpha value is -0.290. The molecule has 0 aliphatic rings. The van der Waals surface area contributed by atoms with Gasteiger partial charge in [-0.3, -0.25) is 0 Å². The van der Waals surface area contributed by atoms with Crippen molar-refractivity contribution in [3.8, 4) is 0 Å². The normalized spacial score (nSPS) is 11.1. The average Bonchev–Trinajstić information content (AvgIpc) is 2.76. The van der Waals surface area contributed by atoms with Crippen molar-refractivity contribution in [3.63, 3.8) is 0 Å². The zero-order valence-electron chi connectivity index (χ0n) is 10.3. The first-order valence-corrected chi connectivity index (χ1v) is 8.49. The summed E-state index contributed by atoms with van der Waals surface area (Å²) in [6, 6.07) is 12.8. The summed E-state index contributed by atoms with van der Waals surface area (Å²) < 4.78 is 1.19. The Morgan fingerprint density at radius 1 is 1.28 bits per heavy atom. The molecule has 0 aliphatic carbocycles. The monoisotopic (exact) mass is 341 g/mol. The number of rotatable bonds is 6. The highest BCUT2D eigenvalue weighted by molar-refractivity contribution is 9.10. The largest absolute Gasteiger partial charge is 0.300 e. The highest BCUT2D eigenvalue weighted by Crippen LogP contribution is 2.21. The topological polar surface area (TPSA) is 3.24 Å². The minimum Gasteiger partial charge on any atom is -0.300 e. The average molecular weight is 342 g/mol. The second-order valence-corrected chi connectivity index (χ2v) is 7.21. The molecule has 0 bridgehead atoms. The van der Waals surface area contributed by atoms with Gasteiger partial charge in [-0.15, -0.1) is 23.1 Å². The van der Waals surface area contributed by atoms with E-state index in [1.54, 1.807) is 0 Å². The number of thiophene rings is 1. The maximum atomic E-state index is 3.49. The van der Waals surface area contributed by atoms with Crippen molar-refractivity contribution >= 4 is 39.0 Å². The van der Waals surface area contributed by atoms with Crippen molar-refractivity contribution in [1.29, 1.82) is 0 Å². The van der Waals surface area contributed by atoms with Crippen LogP contribution in [0.5, 0.6) is 0 Å². The molecule has 18 heavy (non-hydrogen) atoms. The van der Waals surface area contributed by atoms with E-state index in [0.29, 0.717) is 0 Å². The zero-order chi connectivity index (χ0) is 12.8. The standard InChI is InChI=1S/C14H16BrNS2/c1-16(10-14-9-12(15)11-18-14)7-8-17-13-5-3-2-4-6-13/h2-6,9,11H,7-8,10H2,1H3. The first kappa shape index (κ1) is 14.1. The van der Waals surface area contributed by atoms with Crippen molar-refractivity contribution < 1.29 is 0 Å². The molecule has 0 fully saturated rings. The molecule has 1 nitrogen and oxygen atoms in total. The molecule has 0 radical (unpaired) electrons. The lowest BCUT2D eigenvalue weighted by Crippen LogP contribution is -2.20. The predicted molar refractivity (Wildman–Crippen MR) is 85.5 cm³/mol. The fourth-order valence-electron chi connectivity index (χ4n) is 1.62. The van der Waals surface area contributed by atoms with Crippen molar-refractivity contribution in [2.45, 2.75) is 11.4 Å². The van der Waals surface area contributed by atoms with Crippen LogP contribution < -0.4 is 0 Å². The lowest BCUT2D eigenvalue weighted by atomic mass is 10.4. The predicted octanol–water partition coefficient (Wildman–Crippen LogP) is 4.73. The van der Waals surface area contributed by atoms with Gasteiger partial charge in [-0.1, -0.05) is 18.2 Å². The Balaban J connectivity index is 1.70. The number of thioether (sulfide) groups is 1. The Morgan fingerprint density at radius 3 is 2.72 bits per heavy atom. The first-order valence-electron chi connectivity index (χ1n) is 5.83. The minimum atomic E-state index is 1.03. The second-order valence-electron chi connectivity index (χ2n) is 4.13. The van der Waals surface area contributed by atoms with Gasteiger partial charge in [-0.2, -0.15) is 0 Å². The summed E-state index contributed by atoms with van der Waals surface area (Å²) in [6.07, 6.45) is 0. The Labute approximate surface area is 125 Å². The Kier molecular flexibility index (Phi) is 5.76. The van der Waals surface area contributed by atoms with E-state index in [1.165, 1.54) is 14.2 Å². The number of benzene rings is 1. The molecule has 4 heteroatoms. The molecular weight excluding hydrogens is 326 g/mol. The third kappa shape index (κ3) is 4.76. The molecule has 0 saturated carbocycles. The quantitative estimate of drug-likeness (QED) is 0.698. The molecule has 1 aromatic heterocycles.